The van der Waals surface area contributed by atoms with Crippen molar-refractivity contribution in [2.75, 3.05) is 13.2 Å². The highest BCUT2D eigenvalue weighted by Gasteiger charge is 2.35. The fourth-order valence-corrected chi connectivity index (χ4v) is 1.49. The predicted octanol–water partition coefficient (Wildman–Crippen LogP) is 3.30. The average molecular weight is 266 g/mol. The summed E-state index contributed by atoms with van der Waals surface area (Å²) < 4.78 is 55.8. The Kier molecular flexibility index (Phi) is 5.10. The first-order chi connectivity index (χ1) is 8.36. The van der Waals surface area contributed by atoms with Gasteiger partial charge in [0.25, 0.3) is 0 Å². The summed E-state index contributed by atoms with van der Waals surface area (Å²) in [5.41, 5.74) is -1.55. The maximum Gasteiger partial charge on any atom is 0.416 e. The number of hydrogen-bond donors (Lipinski definition) is 1. The van der Waals surface area contributed by atoms with Gasteiger partial charge in [0, 0.05) is 6.61 Å². The van der Waals surface area contributed by atoms with Gasteiger partial charge >= 0.3 is 6.18 Å². The van der Waals surface area contributed by atoms with Crippen molar-refractivity contribution in [2.24, 2.45) is 0 Å². The molecule has 0 aliphatic carbocycles. The second-order valence-electron chi connectivity index (χ2n) is 3.82. The minimum absolute atomic E-state index is 0.247. The number of aliphatic hydroxyl groups excluding tert-OH is 1. The van der Waals surface area contributed by atoms with E-state index >= 15 is 0 Å². The fourth-order valence-electron chi connectivity index (χ4n) is 1.49. The van der Waals surface area contributed by atoms with Crippen LogP contribution in [0.1, 0.15) is 30.6 Å². The number of hydrogen-bond acceptors (Lipinski definition) is 2. The predicted molar refractivity (Wildman–Crippen MR) is 57.5 cm³/mol. The summed E-state index contributed by atoms with van der Waals surface area (Å²) in [6.07, 6.45) is -5.43. The van der Waals surface area contributed by atoms with Gasteiger partial charge in [-0.3, -0.25) is 0 Å². The summed E-state index contributed by atoms with van der Waals surface area (Å²) in [5, 5.41) is 9.63. The Morgan fingerprint density at radius 3 is 2.56 bits per heavy atom. The van der Waals surface area contributed by atoms with Gasteiger partial charge in [-0.2, -0.15) is 13.2 Å². The maximum atomic E-state index is 12.8. The quantitative estimate of drug-likeness (QED) is 0.654. The van der Waals surface area contributed by atoms with Gasteiger partial charge < -0.3 is 9.84 Å². The molecular weight excluding hydrogens is 252 g/mol. The van der Waals surface area contributed by atoms with Gasteiger partial charge in [0.1, 0.15) is 11.9 Å². The molecule has 18 heavy (non-hydrogen) atoms. The minimum Gasteiger partial charge on any atom is -0.386 e. The lowest BCUT2D eigenvalue weighted by Crippen LogP contribution is -2.16. The Hall–Kier alpha value is -1.14. The van der Waals surface area contributed by atoms with Gasteiger partial charge in [0.15, 0.2) is 0 Å². The van der Waals surface area contributed by atoms with Gasteiger partial charge in [-0.1, -0.05) is 13.0 Å². The van der Waals surface area contributed by atoms with Crippen LogP contribution in [0, 0.1) is 5.82 Å². The highest BCUT2D eigenvalue weighted by molar-refractivity contribution is 5.32. The maximum absolute atomic E-state index is 12.8. The molecule has 2 nitrogen and oxygen atoms in total. The van der Waals surface area contributed by atoms with E-state index in [9.17, 15) is 22.7 Å². The van der Waals surface area contributed by atoms with E-state index in [1.54, 1.807) is 0 Å². The Bertz CT molecular complexity index is 390. The average Bonchev–Trinajstić information content (AvgIpc) is 2.28. The van der Waals surface area contributed by atoms with E-state index in [0.29, 0.717) is 19.1 Å². The minimum atomic E-state index is -4.71. The number of benzene rings is 1. The van der Waals surface area contributed by atoms with Crippen molar-refractivity contribution in [3.63, 3.8) is 0 Å². The number of rotatable bonds is 5. The monoisotopic (exact) mass is 266 g/mol. The molecule has 0 spiro atoms. The summed E-state index contributed by atoms with van der Waals surface area (Å²) >= 11 is 0. The molecule has 102 valence electrons. The molecule has 0 bridgehead atoms. The van der Waals surface area contributed by atoms with E-state index in [-0.39, 0.29) is 12.2 Å². The van der Waals surface area contributed by atoms with Crippen molar-refractivity contribution in [3.8, 4) is 0 Å². The van der Waals surface area contributed by atoms with Crippen LogP contribution in [0.5, 0.6) is 0 Å². The van der Waals surface area contributed by atoms with Crippen LogP contribution >= 0.6 is 0 Å². The largest absolute Gasteiger partial charge is 0.416 e. The van der Waals surface area contributed by atoms with E-state index in [4.69, 9.17) is 4.74 Å². The highest BCUT2D eigenvalue weighted by Crippen LogP contribution is 2.35. The molecule has 0 fully saturated rings. The molecule has 0 aromatic heterocycles. The zero-order valence-corrected chi connectivity index (χ0v) is 9.80. The Balaban J connectivity index is 2.93. The molecule has 6 heteroatoms. The molecule has 1 atom stereocenters. The molecule has 1 unspecified atom stereocenters. The van der Waals surface area contributed by atoms with Crippen molar-refractivity contribution in [1.82, 2.24) is 0 Å². The van der Waals surface area contributed by atoms with Crippen LogP contribution in [-0.4, -0.2) is 18.3 Å². The molecule has 0 radical (unpaired) electrons. The van der Waals surface area contributed by atoms with Crippen molar-refractivity contribution in [2.45, 2.75) is 25.6 Å². The van der Waals surface area contributed by atoms with Crippen molar-refractivity contribution in [1.29, 1.82) is 0 Å². The van der Waals surface area contributed by atoms with E-state index in [1.807, 2.05) is 6.92 Å². The third-order valence-electron chi connectivity index (χ3n) is 2.30. The molecule has 1 aromatic carbocycles. The molecule has 0 saturated heterocycles. The number of alkyl halides is 3. The zero-order chi connectivity index (χ0) is 13.8. The number of halogens is 4. The van der Waals surface area contributed by atoms with Gasteiger partial charge in [-0.25, -0.2) is 4.39 Å². The fraction of sp³-hybridized carbons (Fsp3) is 0.500. The smallest absolute Gasteiger partial charge is 0.386 e. The summed E-state index contributed by atoms with van der Waals surface area (Å²) in [5.74, 6) is -0.993. The van der Waals surface area contributed by atoms with Crippen LogP contribution in [0.3, 0.4) is 0 Å². The lowest BCUT2D eigenvalue weighted by Gasteiger charge is -2.17. The summed E-state index contributed by atoms with van der Waals surface area (Å²) in [7, 11) is 0. The summed E-state index contributed by atoms with van der Waals surface area (Å²) in [6, 6.07) is 2.18. The molecular formula is C12H14F4O2. The van der Waals surface area contributed by atoms with Gasteiger partial charge in [-0.05, 0) is 24.1 Å². The molecule has 0 amide bonds. The first-order valence-electron chi connectivity index (χ1n) is 5.48. The summed E-state index contributed by atoms with van der Waals surface area (Å²) in [4.78, 5) is 0. The van der Waals surface area contributed by atoms with Gasteiger partial charge in [-0.15, -0.1) is 0 Å². The van der Waals surface area contributed by atoms with Crippen LogP contribution in [0.4, 0.5) is 17.6 Å². The van der Waals surface area contributed by atoms with Crippen LogP contribution in [0.25, 0.3) is 0 Å². The first-order valence-corrected chi connectivity index (χ1v) is 5.48. The zero-order valence-electron chi connectivity index (χ0n) is 9.80. The van der Waals surface area contributed by atoms with Gasteiger partial charge in [0.05, 0.1) is 12.2 Å². The third-order valence-corrected chi connectivity index (χ3v) is 2.30. The van der Waals surface area contributed by atoms with Crippen molar-refractivity contribution >= 4 is 0 Å². The third kappa shape index (κ3) is 3.96. The van der Waals surface area contributed by atoms with Gasteiger partial charge in [0.2, 0.25) is 0 Å². The lowest BCUT2D eigenvalue weighted by molar-refractivity contribution is -0.139. The molecule has 0 aliphatic heterocycles. The van der Waals surface area contributed by atoms with Crippen molar-refractivity contribution < 1.29 is 27.4 Å². The van der Waals surface area contributed by atoms with E-state index in [0.717, 1.165) is 12.1 Å². The Morgan fingerprint density at radius 2 is 2.00 bits per heavy atom. The standard InChI is InChI=1S/C12H14F4O2/c1-2-5-18-7-11(17)9-4-3-8(13)6-10(9)12(14,15)16/h3-4,6,11,17H,2,5,7H2,1H3. The second kappa shape index (κ2) is 6.15. The van der Waals surface area contributed by atoms with Crippen LogP contribution in [0.2, 0.25) is 0 Å². The number of aliphatic hydroxyl groups is 1. The molecule has 1 N–H and O–H groups in total. The van der Waals surface area contributed by atoms with E-state index in [2.05, 4.69) is 0 Å². The molecule has 0 saturated carbocycles. The van der Waals surface area contributed by atoms with Crippen LogP contribution < -0.4 is 0 Å². The molecule has 1 rings (SSSR count). The number of ether oxygens (including phenoxy) is 1. The van der Waals surface area contributed by atoms with Crippen LogP contribution in [0.15, 0.2) is 18.2 Å². The summed E-state index contributed by atoms with van der Waals surface area (Å²) in [6.45, 7) is 1.94. The lowest BCUT2D eigenvalue weighted by atomic mass is 10.0. The normalized spacial score (nSPS) is 13.7. The van der Waals surface area contributed by atoms with E-state index in [1.165, 1.54) is 0 Å². The highest BCUT2D eigenvalue weighted by atomic mass is 19.4. The molecule has 0 heterocycles. The molecule has 0 aliphatic rings. The first kappa shape index (κ1) is 14.9. The molecule has 1 aromatic rings. The van der Waals surface area contributed by atoms with Crippen LogP contribution in [-0.2, 0) is 10.9 Å². The SMILES string of the molecule is CCCOCC(O)c1ccc(F)cc1C(F)(F)F. The Morgan fingerprint density at radius 1 is 1.33 bits per heavy atom. The Labute approximate surface area is 102 Å². The van der Waals surface area contributed by atoms with Crippen molar-refractivity contribution in [3.05, 3.63) is 35.1 Å². The topological polar surface area (TPSA) is 29.5 Å². The second-order valence-corrected chi connectivity index (χ2v) is 3.82. The van der Waals surface area contributed by atoms with E-state index < -0.39 is 23.7 Å².